The van der Waals surface area contributed by atoms with Gasteiger partial charge in [0.25, 0.3) is 0 Å². The van der Waals surface area contributed by atoms with Crippen LogP contribution in [0, 0.1) is 29.9 Å². The fraction of sp³-hybridized carbons (Fsp3) is 0.381. The van der Waals surface area contributed by atoms with Crippen molar-refractivity contribution in [3.63, 3.8) is 0 Å². The molecule has 1 saturated heterocycles. The molecule has 0 aromatic heterocycles. The molecule has 0 aliphatic carbocycles. The van der Waals surface area contributed by atoms with Crippen molar-refractivity contribution in [1.82, 2.24) is 0 Å². The number of nitrogens with zero attached hydrogens (tertiary/aromatic N) is 1. The Bertz CT molecular complexity index is 909. The Kier molecular flexibility index (Phi) is 5.82. The van der Waals surface area contributed by atoms with E-state index in [1.54, 1.807) is 13.0 Å². The number of ether oxygens (including phenoxy) is 3. The third-order valence-electron chi connectivity index (χ3n) is 4.34. The van der Waals surface area contributed by atoms with Gasteiger partial charge in [0.1, 0.15) is 29.0 Å². The quantitative estimate of drug-likeness (QED) is 0.769. The number of hydrogen-bond acceptors (Lipinski definition) is 5. The van der Waals surface area contributed by atoms with Gasteiger partial charge in [-0.15, -0.1) is 0 Å². The normalized spacial score (nSPS) is 17.9. The molecule has 1 N–H and O–H groups in total. The Morgan fingerprint density at radius 3 is 2.68 bits per heavy atom. The molecule has 2 aromatic carbocycles. The summed E-state index contributed by atoms with van der Waals surface area (Å²) in [5, 5.41) is 12.3. The molecular formula is C21H22F2N2O3. The molecule has 0 bridgehead atoms. The van der Waals surface area contributed by atoms with Crippen LogP contribution in [0.1, 0.15) is 31.4 Å². The lowest BCUT2D eigenvalue weighted by Crippen LogP contribution is -2.22. The van der Waals surface area contributed by atoms with Crippen LogP contribution in [0.5, 0.6) is 5.75 Å². The minimum Gasteiger partial charge on any atom is -0.492 e. The number of anilines is 2. The molecule has 1 unspecified atom stereocenters. The Morgan fingerprint density at radius 2 is 2.04 bits per heavy atom. The summed E-state index contributed by atoms with van der Waals surface area (Å²) < 4.78 is 45.0. The van der Waals surface area contributed by atoms with Crippen LogP contribution in [0.25, 0.3) is 0 Å². The van der Waals surface area contributed by atoms with E-state index in [-0.39, 0.29) is 35.4 Å². The van der Waals surface area contributed by atoms with E-state index in [0.29, 0.717) is 13.0 Å². The van der Waals surface area contributed by atoms with Crippen molar-refractivity contribution in [3.8, 4) is 11.8 Å². The number of rotatable bonds is 6. The maximum atomic E-state index is 14.1. The first-order valence-corrected chi connectivity index (χ1v) is 8.99. The third-order valence-corrected chi connectivity index (χ3v) is 4.34. The maximum absolute atomic E-state index is 14.1. The number of benzene rings is 2. The second-order valence-corrected chi connectivity index (χ2v) is 7.13. The summed E-state index contributed by atoms with van der Waals surface area (Å²) >= 11 is 0. The van der Waals surface area contributed by atoms with Crippen molar-refractivity contribution < 1.29 is 23.0 Å². The van der Waals surface area contributed by atoms with E-state index in [1.165, 1.54) is 12.1 Å². The van der Waals surface area contributed by atoms with Crippen LogP contribution >= 0.6 is 0 Å². The standard InChI is InChI=1S/C21H22F2N2O3/c1-13-4-5-18(17(23)8-13)25-19-9-14(22)10-20(16(19)11-24)26-7-6-15-12-27-21(2,3)28-15/h4-5,8-10,15,25H,6-7,12H2,1-3H3. The molecule has 1 heterocycles. The highest BCUT2D eigenvalue weighted by atomic mass is 19.1. The van der Waals surface area contributed by atoms with E-state index >= 15 is 0 Å². The molecule has 1 atom stereocenters. The first kappa shape index (κ1) is 20.1. The van der Waals surface area contributed by atoms with Crippen molar-refractivity contribution in [1.29, 1.82) is 5.26 Å². The minimum atomic E-state index is -0.628. The molecule has 1 aliphatic heterocycles. The Hall–Kier alpha value is -2.69. The van der Waals surface area contributed by atoms with Gasteiger partial charge in [-0.1, -0.05) is 6.07 Å². The van der Waals surface area contributed by atoms with Crippen LogP contribution in [-0.2, 0) is 9.47 Å². The minimum absolute atomic E-state index is 0.0932. The topological polar surface area (TPSA) is 63.5 Å². The summed E-state index contributed by atoms with van der Waals surface area (Å²) in [6.07, 6.45) is 0.397. The van der Waals surface area contributed by atoms with Crippen LogP contribution < -0.4 is 10.1 Å². The highest BCUT2D eigenvalue weighted by molar-refractivity contribution is 5.70. The fourth-order valence-corrected chi connectivity index (χ4v) is 2.98. The molecule has 0 radical (unpaired) electrons. The summed E-state index contributed by atoms with van der Waals surface area (Å²) in [6.45, 7) is 6.10. The van der Waals surface area contributed by atoms with Gasteiger partial charge in [-0.3, -0.25) is 0 Å². The zero-order valence-corrected chi connectivity index (χ0v) is 16.0. The molecule has 1 fully saturated rings. The van der Waals surface area contributed by atoms with E-state index < -0.39 is 17.4 Å². The Labute approximate surface area is 162 Å². The van der Waals surface area contributed by atoms with Crippen LogP contribution in [0.2, 0.25) is 0 Å². The molecule has 148 valence electrons. The van der Waals surface area contributed by atoms with Crippen LogP contribution in [-0.4, -0.2) is 25.1 Å². The van der Waals surface area contributed by atoms with E-state index in [4.69, 9.17) is 14.2 Å². The van der Waals surface area contributed by atoms with E-state index in [2.05, 4.69) is 5.32 Å². The zero-order valence-electron chi connectivity index (χ0n) is 16.0. The molecule has 1 aliphatic rings. The first-order chi connectivity index (χ1) is 13.3. The molecule has 3 rings (SSSR count). The van der Waals surface area contributed by atoms with Gasteiger partial charge in [-0.25, -0.2) is 8.78 Å². The monoisotopic (exact) mass is 388 g/mol. The number of halogens is 2. The molecule has 28 heavy (non-hydrogen) atoms. The average molecular weight is 388 g/mol. The molecule has 0 saturated carbocycles. The molecule has 5 nitrogen and oxygen atoms in total. The molecule has 0 amide bonds. The second-order valence-electron chi connectivity index (χ2n) is 7.13. The Balaban J connectivity index is 1.74. The number of nitriles is 1. The van der Waals surface area contributed by atoms with Crippen LogP contribution in [0.15, 0.2) is 30.3 Å². The van der Waals surface area contributed by atoms with Crippen LogP contribution in [0.4, 0.5) is 20.2 Å². The summed E-state index contributed by atoms with van der Waals surface area (Å²) in [5.74, 6) is -1.62. The molecule has 7 heteroatoms. The third kappa shape index (κ3) is 4.77. The van der Waals surface area contributed by atoms with Gasteiger partial charge in [-0.2, -0.15) is 5.26 Å². The Morgan fingerprint density at radius 1 is 1.25 bits per heavy atom. The maximum Gasteiger partial charge on any atom is 0.163 e. The fourth-order valence-electron chi connectivity index (χ4n) is 2.98. The van der Waals surface area contributed by atoms with Gasteiger partial charge in [0, 0.05) is 12.5 Å². The average Bonchev–Trinajstić information content (AvgIpc) is 2.96. The zero-order chi connectivity index (χ0) is 20.3. The number of nitrogens with one attached hydrogen (secondary N) is 1. The highest BCUT2D eigenvalue weighted by Crippen LogP contribution is 2.31. The lowest BCUT2D eigenvalue weighted by Gasteiger charge is -2.17. The number of hydrogen-bond donors (Lipinski definition) is 1. The van der Waals surface area contributed by atoms with Gasteiger partial charge in [0.05, 0.1) is 30.7 Å². The van der Waals surface area contributed by atoms with Crippen molar-refractivity contribution in [2.75, 3.05) is 18.5 Å². The van der Waals surface area contributed by atoms with Crippen molar-refractivity contribution >= 4 is 11.4 Å². The highest BCUT2D eigenvalue weighted by Gasteiger charge is 2.32. The van der Waals surface area contributed by atoms with Crippen molar-refractivity contribution in [2.45, 2.75) is 39.1 Å². The lowest BCUT2D eigenvalue weighted by molar-refractivity contribution is -0.139. The smallest absolute Gasteiger partial charge is 0.163 e. The van der Waals surface area contributed by atoms with E-state index in [9.17, 15) is 14.0 Å². The van der Waals surface area contributed by atoms with Gasteiger partial charge >= 0.3 is 0 Å². The molecule has 2 aromatic rings. The first-order valence-electron chi connectivity index (χ1n) is 8.99. The summed E-state index contributed by atoms with van der Waals surface area (Å²) in [7, 11) is 0. The van der Waals surface area contributed by atoms with Crippen molar-refractivity contribution in [2.24, 2.45) is 0 Å². The van der Waals surface area contributed by atoms with Gasteiger partial charge in [0.15, 0.2) is 5.79 Å². The summed E-state index contributed by atoms with van der Waals surface area (Å²) in [5.41, 5.74) is 1.15. The number of aryl methyl sites for hydroxylation is 1. The predicted octanol–water partition coefficient (Wildman–Crippen LogP) is 4.81. The largest absolute Gasteiger partial charge is 0.492 e. The lowest BCUT2D eigenvalue weighted by atomic mass is 10.1. The molecule has 0 spiro atoms. The SMILES string of the molecule is Cc1ccc(Nc2cc(F)cc(OCCC3COC(C)(C)O3)c2C#N)c(F)c1. The van der Waals surface area contributed by atoms with E-state index in [0.717, 1.165) is 17.7 Å². The van der Waals surface area contributed by atoms with Gasteiger partial charge < -0.3 is 19.5 Å². The van der Waals surface area contributed by atoms with Gasteiger partial charge in [-0.05, 0) is 44.5 Å². The second kappa shape index (κ2) is 8.13. The van der Waals surface area contributed by atoms with Gasteiger partial charge in [0.2, 0.25) is 0 Å². The summed E-state index contributed by atoms with van der Waals surface area (Å²) in [6, 6.07) is 8.90. The molecular weight excluding hydrogens is 366 g/mol. The predicted molar refractivity (Wildman–Crippen MR) is 101 cm³/mol. The van der Waals surface area contributed by atoms with Crippen molar-refractivity contribution in [3.05, 3.63) is 53.1 Å². The van der Waals surface area contributed by atoms with E-state index in [1.807, 2.05) is 19.9 Å². The summed E-state index contributed by atoms with van der Waals surface area (Å²) in [4.78, 5) is 0. The van der Waals surface area contributed by atoms with Crippen LogP contribution in [0.3, 0.4) is 0 Å².